The van der Waals surface area contributed by atoms with Crippen molar-refractivity contribution in [3.8, 4) is 11.8 Å². The predicted molar refractivity (Wildman–Crippen MR) is 88.4 cm³/mol. The minimum absolute atomic E-state index is 0.0394. The molecular weight excluding hydrogens is 280 g/mol. The first-order chi connectivity index (χ1) is 10.1. The highest BCUT2D eigenvalue weighted by molar-refractivity contribution is 7.14. The van der Waals surface area contributed by atoms with Gasteiger partial charge in [-0.15, -0.1) is 11.3 Å². The van der Waals surface area contributed by atoms with Crippen molar-refractivity contribution in [1.82, 2.24) is 5.32 Å². The third-order valence-electron chi connectivity index (χ3n) is 4.51. The Hall–Kier alpha value is -1.31. The summed E-state index contributed by atoms with van der Waals surface area (Å²) >= 11 is 1.46. The van der Waals surface area contributed by atoms with Gasteiger partial charge in [-0.05, 0) is 43.2 Å². The molecule has 0 saturated heterocycles. The van der Waals surface area contributed by atoms with E-state index in [4.69, 9.17) is 5.73 Å². The van der Waals surface area contributed by atoms with E-state index in [0.29, 0.717) is 18.5 Å². The van der Waals surface area contributed by atoms with Crippen LogP contribution in [0.25, 0.3) is 0 Å². The van der Waals surface area contributed by atoms with E-state index in [1.165, 1.54) is 24.2 Å². The molecule has 1 aromatic rings. The van der Waals surface area contributed by atoms with Gasteiger partial charge in [-0.25, -0.2) is 0 Å². The Balaban J connectivity index is 2.04. The Morgan fingerprint density at radius 3 is 2.90 bits per heavy atom. The van der Waals surface area contributed by atoms with Crippen LogP contribution in [-0.2, 0) is 0 Å². The number of aryl methyl sites for hydroxylation is 1. The normalized spacial score (nSPS) is 24.5. The number of hydrogen-bond acceptors (Lipinski definition) is 3. The van der Waals surface area contributed by atoms with Gasteiger partial charge in [0.25, 0.3) is 5.91 Å². The van der Waals surface area contributed by atoms with Crippen molar-refractivity contribution < 1.29 is 4.79 Å². The quantitative estimate of drug-likeness (QED) is 0.844. The average molecular weight is 304 g/mol. The second-order valence-corrected chi connectivity index (χ2v) is 6.87. The second-order valence-electron chi connectivity index (χ2n) is 5.81. The van der Waals surface area contributed by atoms with E-state index >= 15 is 0 Å². The summed E-state index contributed by atoms with van der Waals surface area (Å²) in [5.74, 6) is 7.23. The van der Waals surface area contributed by atoms with Crippen LogP contribution < -0.4 is 11.1 Å². The summed E-state index contributed by atoms with van der Waals surface area (Å²) in [5, 5.41) is 3.20. The van der Waals surface area contributed by atoms with Crippen LogP contribution in [0, 0.1) is 30.6 Å². The number of nitrogens with two attached hydrogens (primary N) is 1. The van der Waals surface area contributed by atoms with E-state index < -0.39 is 0 Å². The molecule has 1 saturated carbocycles. The van der Waals surface area contributed by atoms with Crippen LogP contribution in [0.15, 0.2) is 6.07 Å². The fourth-order valence-corrected chi connectivity index (χ4v) is 4.07. The van der Waals surface area contributed by atoms with Crippen molar-refractivity contribution in [2.45, 2.75) is 46.1 Å². The lowest BCUT2D eigenvalue weighted by molar-refractivity contribution is 0.0930. The highest BCUT2D eigenvalue weighted by Gasteiger charge is 2.32. The topological polar surface area (TPSA) is 55.1 Å². The first-order valence-electron chi connectivity index (χ1n) is 7.67. The number of carbonyl (C=O) groups excluding carboxylic acids is 1. The lowest BCUT2D eigenvalue weighted by Gasteiger charge is -2.20. The lowest BCUT2D eigenvalue weighted by Crippen LogP contribution is -2.37. The molecule has 0 radical (unpaired) electrons. The molecule has 0 aromatic carbocycles. The van der Waals surface area contributed by atoms with Gasteiger partial charge >= 0.3 is 0 Å². The molecule has 3 atom stereocenters. The van der Waals surface area contributed by atoms with Gasteiger partial charge in [0.05, 0.1) is 16.3 Å². The van der Waals surface area contributed by atoms with Gasteiger partial charge in [0.2, 0.25) is 0 Å². The van der Waals surface area contributed by atoms with Gasteiger partial charge in [0.1, 0.15) is 0 Å². The molecule has 2 rings (SSSR count). The number of thiophene rings is 1. The molecule has 3 N–H and O–H groups in total. The van der Waals surface area contributed by atoms with Gasteiger partial charge in [-0.3, -0.25) is 4.79 Å². The molecule has 1 aliphatic rings. The fourth-order valence-electron chi connectivity index (χ4n) is 3.12. The monoisotopic (exact) mass is 304 g/mol. The maximum atomic E-state index is 12.4. The smallest absolute Gasteiger partial charge is 0.261 e. The summed E-state index contributed by atoms with van der Waals surface area (Å²) in [7, 11) is 0. The van der Waals surface area contributed by atoms with E-state index in [0.717, 1.165) is 27.7 Å². The van der Waals surface area contributed by atoms with Crippen molar-refractivity contribution >= 4 is 17.2 Å². The SMILES string of the molecule is CCC1CCC(NC(=O)c2cc(C)c(C#CCN)s2)C1C. The zero-order valence-electron chi connectivity index (χ0n) is 13.0. The van der Waals surface area contributed by atoms with E-state index in [-0.39, 0.29) is 5.91 Å². The standard InChI is InChI=1S/C17H24N2OS/c1-4-13-7-8-14(12(13)3)19-17(20)16-10-11(2)15(21-16)6-5-9-18/h10,12-14H,4,7-9,18H2,1-3H3,(H,19,20). The first-order valence-corrected chi connectivity index (χ1v) is 8.48. The van der Waals surface area contributed by atoms with Crippen molar-refractivity contribution in [1.29, 1.82) is 0 Å². The second kappa shape index (κ2) is 7.11. The molecule has 4 heteroatoms. The third kappa shape index (κ3) is 3.66. The molecule has 3 nitrogen and oxygen atoms in total. The molecule has 1 amide bonds. The summed E-state index contributed by atoms with van der Waals surface area (Å²) in [6.07, 6.45) is 3.51. The Labute approximate surface area is 131 Å². The molecule has 1 heterocycles. The summed E-state index contributed by atoms with van der Waals surface area (Å²) in [5.41, 5.74) is 6.45. The number of carbonyl (C=O) groups is 1. The summed E-state index contributed by atoms with van der Waals surface area (Å²) < 4.78 is 0. The summed E-state index contributed by atoms with van der Waals surface area (Å²) in [6.45, 7) is 6.82. The lowest BCUT2D eigenvalue weighted by atomic mass is 9.93. The van der Waals surface area contributed by atoms with E-state index in [9.17, 15) is 4.79 Å². The van der Waals surface area contributed by atoms with E-state index in [1.54, 1.807) is 0 Å². The molecule has 0 bridgehead atoms. The van der Waals surface area contributed by atoms with Crippen molar-refractivity contribution in [2.75, 3.05) is 6.54 Å². The molecule has 114 valence electrons. The van der Waals surface area contributed by atoms with Crippen molar-refractivity contribution in [2.24, 2.45) is 17.6 Å². The maximum Gasteiger partial charge on any atom is 0.261 e. The molecule has 0 aliphatic heterocycles. The molecule has 1 aromatic heterocycles. The Bertz CT molecular complexity index is 567. The largest absolute Gasteiger partial charge is 0.348 e. The first kappa shape index (κ1) is 16.1. The fraction of sp³-hybridized carbons (Fsp3) is 0.588. The Morgan fingerprint density at radius 2 is 2.29 bits per heavy atom. The average Bonchev–Trinajstić information content (AvgIpc) is 3.01. The molecular formula is C17H24N2OS. The highest BCUT2D eigenvalue weighted by atomic mass is 32.1. The number of hydrogen-bond donors (Lipinski definition) is 2. The zero-order valence-corrected chi connectivity index (χ0v) is 13.8. The van der Waals surface area contributed by atoms with Crippen LogP contribution in [0.5, 0.6) is 0 Å². The van der Waals surface area contributed by atoms with E-state index in [1.807, 2.05) is 13.0 Å². The van der Waals surface area contributed by atoms with Crippen LogP contribution in [0.3, 0.4) is 0 Å². The van der Waals surface area contributed by atoms with Crippen LogP contribution in [0.2, 0.25) is 0 Å². The van der Waals surface area contributed by atoms with Crippen molar-refractivity contribution in [3.63, 3.8) is 0 Å². The highest BCUT2D eigenvalue weighted by Crippen LogP contribution is 2.34. The van der Waals surface area contributed by atoms with Gasteiger partial charge in [0, 0.05) is 6.04 Å². The zero-order chi connectivity index (χ0) is 15.4. The van der Waals surface area contributed by atoms with Gasteiger partial charge in [0.15, 0.2) is 0 Å². The summed E-state index contributed by atoms with van der Waals surface area (Å²) in [6, 6.07) is 2.24. The minimum atomic E-state index is 0.0394. The molecule has 1 aliphatic carbocycles. The Morgan fingerprint density at radius 1 is 1.52 bits per heavy atom. The van der Waals surface area contributed by atoms with Crippen LogP contribution in [0.4, 0.5) is 0 Å². The van der Waals surface area contributed by atoms with Crippen LogP contribution in [-0.4, -0.2) is 18.5 Å². The molecule has 3 unspecified atom stereocenters. The maximum absolute atomic E-state index is 12.4. The van der Waals surface area contributed by atoms with Gasteiger partial charge < -0.3 is 11.1 Å². The van der Waals surface area contributed by atoms with Crippen LogP contribution >= 0.6 is 11.3 Å². The molecule has 21 heavy (non-hydrogen) atoms. The number of rotatable bonds is 3. The molecule has 1 fully saturated rings. The van der Waals surface area contributed by atoms with Gasteiger partial charge in [-0.2, -0.15) is 0 Å². The summed E-state index contributed by atoms with van der Waals surface area (Å²) in [4.78, 5) is 14.1. The third-order valence-corrected chi connectivity index (χ3v) is 5.66. The van der Waals surface area contributed by atoms with Gasteiger partial charge in [-0.1, -0.05) is 32.1 Å². The number of amides is 1. The van der Waals surface area contributed by atoms with E-state index in [2.05, 4.69) is 31.0 Å². The van der Waals surface area contributed by atoms with Crippen LogP contribution in [0.1, 0.15) is 53.2 Å². The van der Waals surface area contributed by atoms with Crippen molar-refractivity contribution in [3.05, 3.63) is 21.4 Å². The minimum Gasteiger partial charge on any atom is -0.348 e. The Kier molecular flexibility index (Phi) is 5.44. The molecule has 0 spiro atoms. The number of nitrogens with one attached hydrogen (secondary N) is 1. The predicted octanol–water partition coefficient (Wildman–Crippen LogP) is 2.92.